The van der Waals surface area contributed by atoms with Gasteiger partial charge in [0.2, 0.25) is 11.8 Å². The Balaban J connectivity index is 1.04. The molecule has 224 valence electrons. The minimum absolute atomic E-state index is 0.0783. The zero-order valence-corrected chi connectivity index (χ0v) is 23.7. The molecule has 5 N–H and O–H groups in total. The summed E-state index contributed by atoms with van der Waals surface area (Å²) >= 11 is 6.14. The third-order valence-electron chi connectivity index (χ3n) is 8.88. The van der Waals surface area contributed by atoms with Gasteiger partial charge in [-0.1, -0.05) is 0 Å². The van der Waals surface area contributed by atoms with Crippen molar-refractivity contribution < 1.29 is 28.9 Å². The van der Waals surface area contributed by atoms with Crippen LogP contribution in [0, 0.1) is 17.8 Å². The fourth-order valence-corrected chi connectivity index (χ4v) is 6.37. The van der Waals surface area contributed by atoms with Gasteiger partial charge in [-0.05, 0) is 50.4 Å². The molecule has 4 aliphatic rings. The highest BCUT2D eigenvalue weighted by Gasteiger charge is 2.39. The minimum atomic E-state index is -1.05. The number of alkyl halides is 2. The molecule has 12 heteroatoms. The summed E-state index contributed by atoms with van der Waals surface area (Å²) in [6, 6.07) is -0.688. The van der Waals surface area contributed by atoms with Crippen LogP contribution in [0.2, 0.25) is 0 Å². The molecule has 0 aromatic rings. The Morgan fingerprint density at radius 2 is 1.77 bits per heavy atom. The van der Waals surface area contributed by atoms with Crippen LogP contribution in [-0.4, -0.2) is 121 Å². The molecule has 4 fully saturated rings. The average Bonchev–Trinajstić information content (AvgIpc) is 2.91. The molecule has 3 heterocycles. The molecule has 3 saturated heterocycles. The van der Waals surface area contributed by atoms with Gasteiger partial charge in [-0.25, -0.2) is 4.39 Å². The van der Waals surface area contributed by atoms with E-state index in [-0.39, 0.29) is 61.1 Å². The standard InChI is InChI=1S/C27H47ClFN5O5/c28-21-12-30-27(31-13-21)33-7-5-18(6-8-33)2-1-9-39-23-4-3-19(24(29)11-23)10-25(37)34-14-20(15-34)26(38)32-22(16-35)17-36/h18-24,27,30-31,35-36H,1-17H2,(H,32,38). The van der Waals surface area contributed by atoms with Crippen molar-refractivity contribution in [2.75, 3.05) is 59.1 Å². The molecule has 0 aromatic carbocycles. The van der Waals surface area contributed by atoms with Crippen molar-refractivity contribution in [1.82, 2.24) is 25.8 Å². The van der Waals surface area contributed by atoms with E-state index in [4.69, 9.17) is 26.6 Å². The van der Waals surface area contributed by atoms with Crippen molar-refractivity contribution >= 4 is 23.4 Å². The molecule has 1 aliphatic carbocycles. The Bertz CT molecular complexity index is 774. The summed E-state index contributed by atoms with van der Waals surface area (Å²) in [7, 11) is 0. The first-order chi connectivity index (χ1) is 18.9. The van der Waals surface area contributed by atoms with Crippen LogP contribution in [0.25, 0.3) is 0 Å². The third kappa shape index (κ3) is 8.95. The Morgan fingerprint density at radius 1 is 1.08 bits per heavy atom. The molecule has 3 unspecified atom stereocenters. The first kappa shape index (κ1) is 30.9. The molecule has 4 rings (SSSR count). The highest BCUT2D eigenvalue weighted by Crippen LogP contribution is 2.33. The van der Waals surface area contributed by atoms with E-state index >= 15 is 0 Å². The summed E-state index contributed by atoms with van der Waals surface area (Å²) in [5, 5.41) is 27.8. The molecular formula is C27H47ClFN5O5. The maximum Gasteiger partial charge on any atom is 0.227 e. The van der Waals surface area contributed by atoms with Crippen molar-refractivity contribution in [2.24, 2.45) is 17.8 Å². The first-order valence-electron chi connectivity index (χ1n) is 14.8. The molecule has 2 amide bonds. The van der Waals surface area contributed by atoms with Gasteiger partial charge in [0.25, 0.3) is 0 Å². The number of nitrogens with zero attached hydrogens (tertiary/aromatic N) is 2. The van der Waals surface area contributed by atoms with Crippen LogP contribution in [0.4, 0.5) is 4.39 Å². The fourth-order valence-electron chi connectivity index (χ4n) is 6.20. The molecule has 10 nitrogen and oxygen atoms in total. The van der Waals surface area contributed by atoms with Gasteiger partial charge < -0.3 is 25.2 Å². The molecule has 0 radical (unpaired) electrons. The van der Waals surface area contributed by atoms with E-state index in [1.54, 1.807) is 4.90 Å². The van der Waals surface area contributed by atoms with E-state index < -0.39 is 12.2 Å². The molecule has 0 aromatic heterocycles. The van der Waals surface area contributed by atoms with Gasteiger partial charge in [-0.2, -0.15) is 0 Å². The lowest BCUT2D eigenvalue weighted by Gasteiger charge is -2.41. The predicted molar refractivity (Wildman–Crippen MR) is 146 cm³/mol. The summed E-state index contributed by atoms with van der Waals surface area (Å²) in [4.78, 5) is 28.8. The van der Waals surface area contributed by atoms with Crippen LogP contribution < -0.4 is 16.0 Å². The number of amides is 2. The lowest BCUT2D eigenvalue weighted by atomic mass is 9.83. The summed E-state index contributed by atoms with van der Waals surface area (Å²) in [6.45, 7) is 4.41. The van der Waals surface area contributed by atoms with Crippen LogP contribution in [0.3, 0.4) is 0 Å². The number of aliphatic hydroxyl groups excluding tert-OH is 2. The van der Waals surface area contributed by atoms with E-state index in [0.717, 1.165) is 45.4 Å². The van der Waals surface area contributed by atoms with Crippen LogP contribution >= 0.6 is 11.6 Å². The van der Waals surface area contributed by atoms with Crippen molar-refractivity contribution in [3.05, 3.63) is 0 Å². The number of piperidine rings is 1. The second kappa shape index (κ2) is 15.2. The number of hydrogen-bond acceptors (Lipinski definition) is 8. The molecule has 39 heavy (non-hydrogen) atoms. The minimum Gasteiger partial charge on any atom is -0.394 e. The van der Waals surface area contributed by atoms with Crippen molar-refractivity contribution in [1.29, 1.82) is 0 Å². The SMILES string of the molecule is O=C(NC(CO)CO)C1CN(C(=O)CC2CCC(OCCCC3CCN(C4NCC(Cl)CN4)CC3)CC2F)C1. The van der Waals surface area contributed by atoms with E-state index in [1.807, 2.05) is 0 Å². The van der Waals surface area contributed by atoms with Crippen LogP contribution in [0.5, 0.6) is 0 Å². The third-order valence-corrected chi connectivity index (χ3v) is 9.19. The highest BCUT2D eigenvalue weighted by atomic mass is 35.5. The smallest absolute Gasteiger partial charge is 0.227 e. The Morgan fingerprint density at radius 3 is 2.41 bits per heavy atom. The highest BCUT2D eigenvalue weighted by molar-refractivity contribution is 6.21. The van der Waals surface area contributed by atoms with Gasteiger partial charge in [0.15, 0.2) is 0 Å². The molecule has 3 atom stereocenters. The number of nitrogens with one attached hydrogen (secondary N) is 3. The number of likely N-dealkylation sites (tertiary alicyclic amines) is 2. The van der Waals surface area contributed by atoms with E-state index in [1.165, 1.54) is 12.8 Å². The van der Waals surface area contributed by atoms with E-state index in [2.05, 4.69) is 20.9 Å². The van der Waals surface area contributed by atoms with Gasteiger partial charge in [0.05, 0.1) is 36.7 Å². The number of carbonyl (C=O) groups is 2. The van der Waals surface area contributed by atoms with Gasteiger partial charge in [0.1, 0.15) is 12.5 Å². The van der Waals surface area contributed by atoms with Crippen molar-refractivity contribution in [2.45, 2.75) is 81.4 Å². The monoisotopic (exact) mass is 575 g/mol. The van der Waals surface area contributed by atoms with Gasteiger partial charge in [-0.15, -0.1) is 11.6 Å². The van der Waals surface area contributed by atoms with E-state index in [0.29, 0.717) is 38.5 Å². The Kier molecular flexibility index (Phi) is 12.1. The second-order valence-corrected chi connectivity index (χ2v) is 12.4. The molecule has 0 spiro atoms. The average molecular weight is 576 g/mol. The molecule has 0 bridgehead atoms. The maximum atomic E-state index is 14.9. The largest absolute Gasteiger partial charge is 0.394 e. The lowest BCUT2D eigenvalue weighted by Crippen LogP contribution is -2.62. The van der Waals surface area contributed by atoms with Crippen LogP contribution in [0.1, 0.15) is 51.4 Å². The number of rotatable bonds is 12. The van der Waals surface area contributed by atoms with Gasteiger partial charge >= 0.3 is 0 Å². The molecule has 3 aliphatic heterocycles. The topological polar surface area (TPSA) is 126 Å². The van der Waals surface area contributed by atoms with Gasteiger partial charge in [0, 0.05) is 58.7 Å². The first-order valence-corrected chi connectivity index (χ1v) is 15.2. The second-order valence-electron chi connectivity index (χ2n) is 11.8. The number of halogens is 2. The summed E-state index contributed by atoms with van der Waals surface area (Å²) in [5.74, 6) is -0.332. The van der Waals surface area contributed by atoms with Crippen molar-refractivity contribution in [3.63, 3.8) is 0 Å². The summed E-state index contributed by atoms with van der Waals surface area (Å²) in [5.41, 5.74) is 0. The Labute approximate surface area is 236 Å². The predicted octanol–water partition coefficient (Wildman–Crippen LogP) is 0.404. The van der Waals surface area contributed by atoms with Crippen LogP contribution in [0.15, 0.2) is 0 Å². The normalized spacial score (nSPS) is 31.3. The molecule has 1 saturated carbocycles. The van der Waals surface area contributed by atoms with E-state index in [9.17, 15) is 14.0 Å². The lowest BCUT2D eigenvalue weighted by molar-refractivity contribution is -0.145. The fraction of sp³-hybridized carbons (Fsp3) is 0.926. The number of aliphatic hydroxyl groups is 2. The maximum absolute atomic E-state index is 14.9. The quantitative estimate of drug-likeness (QED) is 0.167. The zero-order valence-electron chi connectivity index (χ0n) is 22.9. The number of ether oxygens (including phenoxy) is 1. The van der Waals surface area contributed by atoms with Crippen molar-refractivity contribution in [3.8, 4) is 0 Å². The summed E-state index contributed by atoms with van der Waals surface area (Å²) < 4.78 is 20.9. The number of carbonyl (C=O) groups excluding carboxylic acids is 2. The summed E-state index contributed by atoms with van der Waals surface area (Å²) in [6.07, 6.45) is 5.52. The number of hydrogen-bond donors (Lipinski definition) is 5. The van der Waals surface area contributed by atoms with Crippen LogP contribution in [-0.2, 0) is 14.3 Å². The van der Waals surface area contributed by atoms with Gasteiger partial charge in [-0.3, -0.25) is 25.1 Å². The molecular weight excluding hydrogens is 529 g/mol. The zero-order chi connectivity index (χ0) is 27.8. The Hall–Kier alpha value is -1.08.